The molecule has 0 amide bonds. The fourth-order valence-corrected chi connectivity index (χ4v) is 1.24. The van der Waals surface area contributed by atoms with E-state index in [2.05, 4.69) is 4.98 Å². The summed E-state index contributed by atoms with van der Waals surface area (Å²) in [7, 11) is 1.64. The number of ether oxygens (including phenoxy) is 1. The first-order valence-electron chi connectivity index (χ1n) is 4.36. The maximum absolute atomic E-state index is 5.40. The first-order valence-corrected chi connectivity index (χ1v) is 4.36. The summed E-state index contributed by atoms with van der Waals surface area (Å²) in [5.41, 5.74) is 0.928. The quantitative estimate of drug-likeness (QED) is 0.728. The molecule has 0 unspecified atom stereocenters. The lowest BCUT2D eigenvalue weighted by molar-refractivity contribution is 0.414. The monoisotopic (exact) mass is 189 g/mol. The van der Waals surface area contributed by atoms with Gasteiger partial charge in [0.25, 0.3) is 0 Å². The Bertz CT molecular complexity index is 434. The third kappa shape index (κ3) is 1.62. The van der Waals surface area contributed by atoms with Crippen molar-refractivity contribution in [3.05, 3.63) is 36.2 Å². The zero-order valence-electron chi connectivity index (χ0n) is 8.15. The van der Waals surface area contributed by atoms with Crippen LogP contribution in [0.15, 0.2) is 34.9 Å². The van der Waals surface area contributed by atoms with Crippen LogP contribution < -0.4 is 4.74 Å². The molecule has 0 fully saturated rings. The van der Waals surface area contributed by atoms with Crippen LogP contribution in [0, 0.1) is 6.92 Å². The van der Waals surface area contributed by atoms with Crippen molar-refractivity contribution in [1.82, 2.24) is 4.98 Å². The second kappa shape index (κ2) is 3.54. The van der Waals surface area contributed by atoms with Crippen molar-refractivity contribution in [3.8, 4) is 17.2 Å². The Morgan fingerprint density at radius 3 is 2.86 bits per heavy atom. The molecule has 0 N–H and O–H groups in total. The van der Waals surface area contributed by atoms with Gasteiger partial charge in [-0.1, -0.05) is 6.07 Å². The molecule has 2 rings (SSSR count). The van der Waals surface area contributed by atoms with Crippen molar-refractivity contribution in [3.63, 3.8) is 0 Å². The van der Waals surface area contributed by atoms with Gasteiger partial charge in [-0.05, 0) is 25.1 Å². The van der Waals surface area contributed by atoms with Crippen LogP contribution in [-0.2, 0) is 0 Å². The van der Waals surface area contributed by atoms with Gasteiger partial charge >= 0.3 is 0 Å². The average molecular weight is 189 g/mol. The van der Waals surface area contributed by atoms with Gasteiger partial charge in [0, 0.05) is 5.56 Å². The Labute approximate surface area is 82.3 Å². The van der Waals surface area contributed by atoms with Crippen molar-refractivity contribution in [2.75, 3.05) is 7.11 Å². The molecule has 0 saturated heterocycles. The largest absolute Gasteiger partial charge is 0.497 e. The fourth-order valence-electron chi connectivity index (χ4n) is 1.24. The molecular weight excluding hydrogens is 178 g/mol. The van der Waals surface area contributed by atoms with Crippen LogP contribution in [0.5, 0.6) is 5.75 Å². The highest BCUT2D eigenvalue weighted by Crippen LogP contribution is 2.22. The van der Waals surface area contributed by atoms with E-state index in [-0.39, 0.29) is 0 Å². The SMILES string of the molecule is COc1cccc(-c2ncc(C)o2)c1. The van der Waals surface area contributed by atoms with Gasteiger partial charge < -0.3 is 9.15 Å². The molecule has 14 heavy (non-hydrogen) atoms. The van der Waals surface area contributed by atoms with Gasteiger partial charge in [0.05, 0.1) is 13.3 Å². The molecule has 1 aromatic carbocycles. The minimum atomic E-state index is 0.626. The minimum absolute atomic E-state index is 0.626. The number of benzene rings is 1. The summed E-state index contributed by atoms with van der Waals surface area (Å²) in [5, 5.41) is 0. The van der Waals surface area contributed by atoms with Crippen LogP contribution in [0.25, 0.3) is 11.5 Å². The summed E-state index contributed by atoms with van der Waals surface area (Å²) in [5.74, 6) is 2.24. The number of methoxy groups -OCH3 is 1. The van der Waals surface area contributed by atoms with Gasteiger partial charge in [-0.2, -0.15) is 0 Å². The average Bonchev–Trinajstić information content (AvgIpc) is 2.65. The van der Waals surface area contributed by atoms with Crippen LogP contribution in [-0.4, -0.2) is 12.1 Å². The molecule has 0 aliphatic carbocycles. The van der Waals surface area contributed by atoms with Gasteiger partial charge in [0.1, 0.15) is 11.5 Å². The predicted octanol–water partition coefficient (Wildman–Crippen LogP) is 2.66. The molecule has 1 aromatic heterocycles. The third-order valence-corrected chi connectivity index (χ3v) is 1.94. The molecule has 0 aliphatic heterocycles. The van der Waals surface area contributed by atoms with E-state index in [1.807, 2.05) is 31.2 Å². The number of aromatic nitrogens is 1. The number of nitrogens with zero attached hydrogens (tertiary/aromatic N) is 1. The summed E-state index contributed by atoms with van der Waals surface area (Å²) in [6.45, 7) is 1.87. The number of aryl methyl sites for hydroxylation is 1. The Hall–Kier alpha value is -1.77. The molecule has 2 aromatic rings. The van der Waals surface area contributed by atoms with Crippen molar-refractivity contribution in [1.29, 1.82) is 0 Å². The standard InChI is InChI=1S/C11H11NO2/c1-8-7-12-11(14-8)9-4-3-5-10(6-9)13-2/h3-7H,1-2H3. The van der Waals surface area contributed by atoms with Gasteiger partial charge in [-0.15, -0.1) is 0 Å². The molecule has 3 heteroatoms. The van der Waals surface area contributed by atoms with Crippen LogP contribution in [0.3, 0.4) is 0 Å². The molecule has 0 spiro atoms. The summed E-state index contributed by atoms with van der Waals surface area (Å²) < 4.78 is 10.5. The second-order valence-electron chi connectivity index (χ2n) is 3.01. The van der Waals surface area contributed by atoms with Crippen LogP contribution in [0.2, 0.25) is 0 Å². The molecule has 0 saturated carbocycles. The Kier molecular flexibility index (Phi) is 2.23. The number of oxazole rings is 1. The van der Waals surface area contributed by atoms with E-state index in [0.29, 0.717) is 5.89 Å². The smallest absolute Gasteiger partial charge is 0.226 e. The second-order valence-corrected chi connectivity index (χ2v) is 3.01. The number of hydrogen-bond acceptors (Lipinski definition) is 3. The van der Waals surface area contributed by atoms with E-state index >= 15 is 0 Å². The highest BCUT2D eigenvalue weighted by atomic mass is 16.5. The molecule has 0 aliphatic rings. The third-order valence-electron chi connectivity index (χ3n) is 1.94. The first kappa shape index (κ1) is 8.81. The van der Waals surface area contributed by atoms with Crippen molar-refractivity contribution in [2.24, 2.45) is 0 Å². The van der Waals surface area contributed by atoms with Crippen LogP contribution in [0.4, 0.5) is 0 Å². The van der Waals surface area contributed by atoms with E-state index in [9.17, 15) is 0 Å². The van der Waals surface area contributed by atoms with E-state index in [0.717, 1.165) is 17.1 Å². The molecule has 3 nitrogen and oxygen atoms in total. The van der Waals surface area contributed by atoms with Crippen molar-refractivity contribution in [2.45, 2.75) is 6.92 Å². The predicted molar refractivity (Wildman–Crippen MR) is 53.2 cm³/mol. The first-order chi connectivity index (χ1) is 6.79. The fraction of sp³-hybridized carbons (Fsp3) is 0.182. The van der Waals surface area contributed by atoms with E-state index in [1.54, 1.807) is 13.3 Å². The van der Waals surface area contributed by atoms with Crippen LogP contribution in [0.1, 0.15) is 5.76 Å². The Morgan fingerprint density at radius 1 is 1.36 bits per heavy atom. The lowest BCUT2D eigenvalue weighted by Crippen LogP contribution is -1.83. The highest BCUT2D eigenvalue weighted by Gasteiger charge is 2.04. The highest BCUT2D eigenvalue weighted by molar-refractivity contribution is 5.55. The zero-order valence-corrected chi connectivity index (χ0v) is 8.15. The molecular formula is C11H11NO2. The lowest BCUT2D eigenvalue weighted by atomic mass is 10.2. The topological polar surface area (TPSA) is 35.3 Å². The Balaban J connectivity index is 2.41. The van der Waals surface area contributed by atoms with E-state index in [4.69, 9.17) is 9.15 Å². The molecule has 72 valence electrons. The Morgan fingerprint density at radius 2 is 2.21 bits per heavy atom. The van der Waals surface area contributed by atoms with Gasteiger partial charge in [0.2, 0.25) is 5.89 Å². The summed E-state index contributed by atoms with van der Waals surface area (Å²) in [6, 6.07) is 7.63. The number of rotatable bonds is 2. The maximum Gasteiger partial charge on any atom is 0.226 e. The van der Waals surface area contributed by atoms with E-state index in [1.165, 1.54) is 0 Å². The molecule has 0 atom stereocenters. The van der Waals surface area contributed by atoms with Crippen LogP contribution >= 0.6 is 0 Å². The summed E-state index contributed by atoms with van der Waals surface area (Å²) in [4.78, 5) is 4.14. The minimum Gasteiger partial charge on any atom is -0.497 e. The molecule has 0 radical (unpaired) electrons. The summed E-state index contributed by atoms with van der Waals surface area (Å²) >= 11 is 0. The van der Waals surface area contributed by atoms with Crippen molar-refractivity contribution < 1.29 is 9.15 Å². The zero-order chi connectivity index (χ0) is 9.97. The molecule has 1 heterocycles. The maximum atomic E-state index is 5.40. The van der Waals surface area contributed by atoms with Crippen molar-refractivity contribution >= 4 is 0 Å². The van der Waals surface area contributed by atoms with Gasteiger partial charge in [0.15, 0.2) is 0 Å². The number of hydrogen-bond donors (Lipinski definition) is 0. The lowest BCUT2D eigenvalue weighted by Gasteiger charge is -2.00. The van der Waals surface area contributed by atoms with Gasteiger partial charge in [-0.3, -0.25) is 0 Å². The van der Waals surface area contributed by atoms with Gasteiger partial charge in [-0.25, -0.2) is 4.98 Å². The van der Waals surface area contributed by atoms with E-state index < -0.39 is 0 Å². The molecule has 0 bridgehead atoms. The summed E-state index contributed by atoms with van der Waals surface area (Å²) in [6.07, 6.45) is 1.70. The normalized spacial score (nSPS) is 10.1.